The van der Waals surface area contributed by atoms with E-state index >= 15 is 0 Å². The van der Waals surface area contributed by atoms with Gasteiger partial charge in [0.1, 0.15) is 11.2 Å². The van der Waals surface area contributed by atoms with Crippen LogP contribution in [0.5, 0.6) is 0 Å². The summed E-state index contributed by atoms with van der Waals surface area (Å²) in [5.74, 6) is 0. The van der Waals surface area contributed by atoms with E-state index in [1.54, 1.807) is 0 Å². The van der Waals surface area contributed by atoms with Gasteiger partial charge in [-0.15, -0.1) is 11.8 Å². The summed E-state index contributed by atoms with van der Waals surface area (Å²) in [4.78, 5) is 4.03. The standard InChI is InChI=1S/C8H7ClN2S/c1-5-3-7(12-2)11-8(9)6(5)4-10/h3H,1-2H3. The van der Waals surface area contributed by atoms with Crippen molar-refractivity contribution in [2.45, 2.75) is 11.9 Å². The van der Waals surface area contributed by atoms with Crippen LogP contribution in [-0.2, 0) is 0 Å². The van der Waals surface area contributed by atoms with Crippen molar-refractivity contribution in [2.24, 2.45) is 0 Å². The van der Waals surface area contributed by atoms with Gasteiger partial charge < -0.3 is 0 Å². The molecule has 0 atom stereocenters. The van der Waals surface area contributed by atoms with E-state index < -0.39 is 0 Å². The summed E-state index contributed by atoms with van der Waals surface area (Å²) in [5, 5.41) is 9.82. The number of aromatic nitrogens is 1. The van der Waals surface area contributed by atoms with Crippen molar-refractivity contribution in [1.82, 2.24) is 4.98 Å². The lowest BCUT2D eigenvalue weighted by Gasteiger charge is -2.01. The topological polar surface area (TPSA) is 36.7 Å². The Bertz CT molecular complexity index is 320. The van der Waals surface area contributed by atoms with Crippen molar-refractivity contribution in [2.75, 3.05) is 6.26 Å². The summed E-state index contributed by atoms with van der Waals surface area (Å²) in [5.41, 5.74) is 1.34. The number of nitriles is 1. The zero-order valence-electron chi connectivity index (χ0n) is 6.76. The van der Waals surface area contributed by atoms with Gasteiger partial charge in [0.25, 0.3) is 0 Å². The van der Waals surface area contributed by atoms with E-state index in [1.807, 2.05) is 25.3 Å². The van der Waals surface area contributed by atoms with E-state index in [-0.39, 0.29) is 0 Å². The molecule has 12 heavy (non-hydrogen) atoms. The average Bonchev–Trinajstić information content (AvgIpc) is 2.03. The van der Waals surface area contributed by atoms with Crippen LogP contribution in [-0.4, -0.2) is 11.2 Å². The molecule has 1 heterocycles. The van der Waals surface area contributed by atoms with Crippen LogP contribution < -0.4 is 0 Å². The van der Waals surface area contributed by atoms with Gasteiger partial charge in [-0.1, -0.05) is 11.6 Å². The van der Waals surface area contributed by atoms with Gasteiger partial charge in [-0.3, -0.25) is 0 Å². The molecule has 0 saturated heterocycles. The Hall–Kier alpha value is -0.720. The Morgan fingerprint density at radius 3 is 2.75 bits per heavy atom. The minimum Gasteiger partial charge on any atom is -0.228 e. The number of rotatable bonds is 1. The summed E-state index contributed by atoms with van der Waals surface area (Å²) in [6.45, 7) is 1.85. The Morgan fingerprint density at radius 1 is 1.67 bits per heavy atom. The molecular formula is C8H7ClN2S. The molecule has 0 spiro atoms. The third-order valence-electron chi connectivity index (χ3n) is 1.47. The van der Waals surface area contributed by atoms with Crippen molar-refractivity contribution >= 4 is 23.4 Å². The van der Waals surface area contributed by atoms with Gasteiger partial charge in [-0.05, 0) is 24.8 Å². The van der Waals surface area contributed by atoms with E-state index in [0.717, 1.165) is 10.6 Å². The smallest absolute Gasteiger partial charge is 0.148 e. The highest BCUT2D eigenvalue weighted by atomic mass is 35.5. The number of hydrogen-bond acceptors (Lipinski definition) is 3. The lowest BCUT2D eigenvalue weighted by atomic mass is 10.2. The second kappa shape index (κ2) is 3.79. The maximum Gasteiger partial charge on any atom is 0.148 e. The molecule has 62 valence electrons. The van der Waals surface area contributed by atoms with Crippen LogP contribution in [0.15, 0.2) is 11.1 Å². The highest BCUT2D eigenvalue weighted by molar-refractivity contribution is 7.98. The molecular weight excluding hydrogens is 192 g/mol. The van der Waals surface area contributed by atoms with Crippen molar-refractivity contribution in [3.63, 3.8) is 0 Å². The van der Waals surface area contributed by atoms with E-state index in [9.17, 15) is 0 Å². The molecule has 0 aliphatic rings. The molecule has 0 N–H and O–H groups in total. The molecule has 1 rings (SSSR count). The highest BCUT2D eigenvalue weighted by Gasteiger charge is 2.06. The van der Waals surface area contributed by atoms with E-state index in [2.05, 4.69) is 4.98 Å². The minimum atomic E-state index is 0.293. The SMILES string of the molecule is CSc1cc(C)c(C#N)c(Cl)n1. The lowest BCUT2D eigenvalue weighted by Crippen LogP contribution is -1.89. The molecule has 0 radical (unpaired) electrons. The number of aryl methyl sites for hydroxylation is 1. The fraction of sp³-hybridized carbons (Fsp3) is 0.250. The van der Waals surface area contributed by atoms with Crippen LogP contribution >= 0.6 is 23.4 Å². The van der Waals surface area contributed by atoms with Crippen LogP contribution in [0.1, 0.15) is 11.1 Å². The fourth-order valence-electron chi connectivity index (χ4n) is 0.844. The van der Waals surface area contributed by atoms with Crippen molar-refractivity contribution < 1.29 is 0 Å². The van der Waals surface area contributed by atoms with Gasteiger partial charge >= 0.3 is 0 Å². The first-order valence-electron chi connectivity index (χ1n) is 3.30. The van der Waals surface area contributed by atoms with Gasteiger partial charge in [-0.25, -0.2) is 4.98 Å². The first-order chi connectivity index (χ1) is 5.69. The van der Waals surface area contributed by atoms with Crippen LogP contribution in [0.25, 0.3) is 0 Å². The summed E-state index contributed by atoms with van der Waals surface area (Å²) >= 11 is 7.28. The van der Waals surface area contributed by atoms with Crippen LogP contribution in [0.2, 0.25) is 5.15 Å². The number of hydrogen-bond donors (Lipinski definition) is 0. The predicted molar refractivity (Wildman–Crippen MR) is 50.5 cm³/mol. The Balaban J connectivity index is 3.30. The van der Waals surface area contributed by atoms with Gasteiger partial charge in [0.05, 0.1) is 10.6 Å². The van der Waals surface area contributed by atoms with Crippen molar-refractivity contribution in [3.8, 4) is 6.07 Å². The Labute approximate surface area is 80.6 Å². The lowest BCUT2D eigenvalue weighted by molar-refractivity contribution is 1.10. The zero-order chi connectivity index (χ0) is 9.14. The summed E-state index contributed by atoms with van der Waals surface area (Å²) in [6.07, 6.45) is 1.92. The third-order valence-corrected chi connectivity index (χ3v) is 2.37. The molecule has 0 saturated carbocycles. The second-order valence-electron chi connectivity index (χ2n) is 2.26. The van der Waals surface area contributed by atoms with E-state index in [0.29, 0.717) is 10.7 Å². The van der Waals surface area contributed by atoms with Crippen LogP contribution in [0.3, 0.4) is 0 Å². The maximum absolute atomic E-state index is 8.68. The number of pyridine rings is 1. The average molecular weight is 199 g/mol. The highest BCUT2D eigenvalue weighted by Crippen LogP contribution is 2.22. The maximum atomic E-state index is 8.68. The number of nitrogens with zero attached hydrogens (tertiary/aromatic N) is 2. The normalized spacial score (nSPS) is 9.50. The van der Waals surface area contributed by atoms with Gasteiger partial charge in [0.15, 0.2) is 0 Å². The first kappa shape index (κ1) is 9.37. The minimum absolute atomic E-state index is 0.293. The van der Waals surface area contributed by atoms with Crippen LogP contribution in [0, 0.1) is 18.3 Å². The van der Waals surface area contributed by atoms with Crippen LogP contribution in [0.4, 0.5) is 0 Å². The largest absolute Gasteiger partial charge is 0.228 e. The van der Waals surface area contributed by atoms with E-state index in [4.69, 9.17) is 16.9 Å². The molecule has 0 aliphatic heterocycles. The molecule has 1 aromatic heterocycles. The molecule has 0 aliphatic carbocycles. The van der Waals surface area contributed by atoms with Crippen molar-refractivity contribution in [1.29, 1.82) is 5.26 Å². The molecule has 0 amide bonds. The molecule has 0 aromatic carbocycles. The monoisotopic (exact) mass is 198 g/mol. The van der Waals surface area contributed by atoms with Gasteiger partial charge in [0.2, 0.25) is 0 Å². The fourth-order valence-corrected chi connectivity index (χ4v) is 1.65. The Kier molecular flexibility index (Phi) is 2.96. The third kappa shape index (κ3) is 1.71. The molecule has 2 nitrogen and oxygen atoms in total. The second-order valence-corrected chi connectivity index (χ2v) is 3.44. The molecule has 1 aromatic rings. The Morgan fingerprint density at radius 2 is 2.33 bits per heavy atom. The molecule has 4 heteroatoms. The molecule has 0 fully saturated rings. The van der Waals surface area contributed by atoms with E-state index in [1.165, 1.54) is 11.8 Å². The molecule has 0 unspecified atom stereocenters. The predicted octanol–water partition coefficient (Wildman–Crippen LogP) is 2.64. The summed E-state index contributed by atoms with van der Waals surface area (Å²) < 4.78 is 0. The first-order valence-corrected chi connectivity index (χ1v) is 4.90. The van der Waals surface area contributed by atoms with Gasteiger partial charge in [0, 0.05) is 0 Å². The number of halogens is 1. The van der Waals surface area contributed by atoms with Gasteiger partial charge in [-0.2, -0.15) is 5.26 Å². The summed E-state index contributed by atoms with van der Waals surface area (Å²) in [6, 6.07) is 3.87. The zero-order valence-corrected chi connectivity index (χ0v) is 8.33. The molecule has 0 bridgehead atoms. The number of thioether (sulfide) groups is 1. The quantitative estimate of drug-likeness (QED) is 0.514. The summed E-state index contributed by atoms with van der Waals surface area (Å²) in [7, 11) is 0. The van der Waals surface area contributed by atoms with Crippen molar-refractivity contribution in [3.05, 3.63) is 22.3 Å².